The van der Waals surface area contributed by atoms with Crippen LogP contribution >= 0.6 is 0 Å². The quantitative estimate of drug-likeness (QED) is 0.828. The Morgan fingerprint density at radius 2 is 1.50 bits per heavy atom. The number of nitrogens with one attached hydrogen (secondary N) is 2. The van der Waals surface area contributed by atoms with Crippen LogP contribution in [0.25, 0.3) is 5.57 Å². The van der Waals surface area contributed by atoms with Crippen LogP contribution in [0.15, 0.2) is 54.2 Å². The van der Waals surface area contributed by atoms with Crippen molar-refractivity contribution in [3.63, 3.8) is 0 Å². The summed E-state index contributed by atoms with van der Waals surface area (Å²) < 4.78 is 13.1. The van der Waals surface area contributed by atoms with Crippen molar-refractivity contribution in [3.05, 3.63) is 65.6 Å². The number of nitrogens with zero attached hydrogens (tertiary/aromatic N) is 1. The number of carbonyl (C=O) groups is 3. The first-order valence-electron chi connectivity index (χ1n) is 7.84. The Morgan fingerprint density at radius 3 is 2.08 bits per heavy atom. The van der Waals surface area contributed by atoms with Crippen molar-refractivity contribution in [2.45, 2.75) is 6.92 Å². The molecule has 3 rings (SSSR count). The minimum absolute atomic E-state index is 0.122. The van der Waals surface area contributed by atoms with Gasteiger partial charge in [0, 0.05) is 25.3 Å². The summed E-state index contributed by atoms with van der Waals surface area (Å²) in [6.07, 6.45) is 0. The van der Waals surface area contributed by atoms with Crippen molar-refractivity contribution in [1.82, 2.24) is 4.90 Å². The van der Waals surface area contributed by atoms with Crippen molar-refractivity contribution in [2.24, 2.45) is 0 Å². The summed E-state index contributed by atoms with van der Waals surface area (Å²) in [6, 6.07) is 12.1. The lowest BCUT2D eigenvalue weighted by Gasteiger charge is -2.09. The standard InChI is InChI=1S/C19H16FN3O3/c1-11(24)21-14-7-3-12(4-8-14)16-17(19(26)23(2)18(16)25)22-15-9-5-13(20)6-10-15/h3-10,22H,1-2H3,(H,21,24). The molecular formula is C19H16FN3O3. The number of halogens is 1. The van der Waals surface area contributed by atoms with Gasteiger partial charge in [0.1, 0.15) is 11.5 Å². The zero-order valence-electron chi connectivity index (χ0n) is 14.2. The molecule has 0 saturated carbocycles. The van der Waals surface area contributed by atoms with E-state index in [1.165, 1.54) is 38.2 Å². The Kier molecular flexibility index (Phi) is 4.53. The molecule has 0 fully saturated rings. The van der Waals surface area contributed by atoms with E-state index in [9.17, 15) is 18.8 Å². The fourth-order valence-corrected chi connectivity index (χ4v) is 2.63. The number of hydrogen-bond donors (Lipinski definition) is 2. The van der Waals surface area contributed by atoms with E-state index in [4.69, 9.17) is 0 Å². The van der Waals surface area contributed by atoms with Crippen LogP contribution < -0.4 is 10.6 Å². The van der Waals surface area contributed by atoms with Gasteiger partial charge < -0.3 is 10.6 Å². The van der Waals surface area contributed by atoms with Gasteiger partial charge in [0.25, 0.3) is 11.8 Å². The van der Waals surface area contributed by atoms with Crippen molar-refractivity contribution in [3.8, 4) is 0 Å². The SMILES string of the molecule is CC(=O)Nc1ccc(C2=C(Nc3ccc(F)cc3)C(=O)N(C)C2=O)cc1. The Balaban J connectivity index is 1.99. The number of imide groups is 1. The highest BCUT2D eigenvalue weighted by molar-refractivity contribution is 6.36. The van der Waals surface area contributed by atoms with Crippen LogP contribution in [-0.4, -0.2) is 29.7 Å². The Morgan fingerprint density at radius 1 is 0.923 bits per heavy atom. The van der Waals surface area contributed by atoms with Crippen LogP contribution in [0.3, 0.4) is 0 Å². The number of rotatable bonds is 4. The molecule has 0 unspecified atom stereocenters. The van der Waals surface area contributed by atoms with Gasteiger partial charge in [-0.1, -0.05) is 12.1 Å². The van der Waals surface area contributed by atoms with Gasteiger partial charge in [-0.3, -0.25) is 19.3 Å². The number of likely N-dealkylation sites (N-methyl/N-ethyl adjacent to an activating group) is 1. The molecule has 2 aromatic rings. The molecule has 1 aliphatic heterocycles. The van der Waals surface area contributed by atoms with Crippen molar-refractivity contribution in [1.29, 1.82) is 0 Å². The van der Waals surface area contributed by atoms with Gasteiger partial charge in [-0.2, -0.15) is 0 Å². The lowest BCUT2D eigenvalue weighted by atomic mass is 10.0. The summed E-state index contributed by atoms with van der Waals surface area (Å²) in [4.78, 5) is 37.1. The minimum Gasteiger partial charge on any atom is -0.350 e. The second kappa shape index (κ2) is 6.79. The molecule has 0 aromatic heterocycles. The molecule has 2 N–H and O–H groups in total. The molecular weight excluding hydrogens is 337 g/mol. The summed E-state index contributed by atoms with van der Waals surface area (Å²) in [5, 5.41) is 5.54. The van der Waals surface area contributed by atoms with E-state index in [0.717, 1.165) is 4.90 Å². The molecule has 1 heterocycles. The highest BCUT2D eigenvalue weighted by Crippen LogP contribution is 2.30. The van der Waals surface area contributed by atoms with Crippen molar-refractivity contribution < 1.29 is 18.8 Å². The van der Waals surface area contributed by atoms with E-state index in [0.29, 0.717) is 16.9 Å². The molecule has 26 heavy (non-hydrogen) atoms. The second-order valence-electron chi connectivity index (χ2n) is 5.81. The Labute approximate surface area is 149 Å². The third kappa shape index (κ3) is 3.32. The average molecular weight is 353 g/mol. The maximum absolute atomic E-state index is 13.1. The summed E-state index contributed by atoms with van der Waals surface area (Å²) in [6.45, 7) is 1.40. The summed E-state index contributed by atoms with van der Waals surface area (Å²) >= 11 is 0. The normalized spacial score (nSPS) is 14.0. The molecule has 6 nitrogen and oxygen atoms in total. The van der Waals surface area contributed by atoms with Gasteiger partial charge in [-0.25, -0.2) is 4.39 Å². The third-order valence-electron chi connectivity index (χ3n) is 3.89. The van der Waals surface area contributed by atoms with E-state index in [2.05, 4.69) is 10.6 Å². The van der Waals surface area contributed by atoms with Gasteiger partial charge >= 0.3 is 0 Å². The highest BCUT2D eigenvalue weighted by atomic mass is 19.1. The average Bonchev–Trinajstić information content (AvgIpc) is 2.81. The fourth-order valence-electron chi connectivity index (χ4n) is 2.63. The van der Waals surface area contributed by atoms with Gasteiger partial charge in [-0.05, 0) is 42.0 Å². The number of carbonyl (C=O) groups excluding carboxylic acids is 3. The molecule has 3 amide bonds. The van der Waals surface area contributed by atoms with Crippen LogP contribution in [-0.2, 0) is 14.4 Å². The molecule has 132 valence electrons. The maximum Gasteiger partial charge on any atom is 0.277 e. The molecule has 1 aliphatic rings. The minimum atomic E-state index is -0.472. The third-order valence-corrected chi connectivity index (χ3v) is 3.89. The van der Waals surface area contributed by atoms with Crippen molar-refractivity contribution in [2.75, 3.05) is 17.7 Å². The largest absolute Gasteiger partial charge is 0.350 e. The van der Waals surface area contributed by atoms with E-state index < -0.39 is 17.6 Å². The number of anilines is 2. The molecule has 0 radical (unpaired) electrons. The zero-order chi connectivity index (χ0) is 18.8. The van der Waals surface area contributed by atoms with Gasteiger partial charge in [0.2, 0.25) is 5.91 Å². The van der Waals surface area contributed by atoms with Crippen LogP contribution in [0, 0.1) is 5.82 Å². The molecule has 0 aliphatic carbocycles. The molecule has 0 spiro atoms. The van der Waals surface area contributed by atoms with Crippen LogP contribution in [0.5, 0.6) is 0 Å². The monoisotopic (exact) mass is 353 g/mol. The van der Waals surface area contributed by atoms with Crippen LogP contribution in [0.4, 0.5) is 15.8 Å². The predicted molar refractivity (Wildman–Crippen MR) is 95.5 cm³/mol. The Hall–Kier alpha value is -3.48. The first kappa shape index (κ1) is 17.3. The van der Waals surface area contributed by atoms with Gasteiger partial charge in [0.15, 0.2) is 0 Å². The van der Waals surface area contributed by atoms with E-state index in [1.54, 1.807) is 24.3 Å². The Bertz CT molecular complexity index is 918. The van der Waals surface area contributed by atoms with E-state index >= 15 is 0 Å². The van der Waals surface area contributed by atoms with E-state index in [-0.39, 0.29) is 17.2 Å². The van der Waals surface area contributed by atoms with Gasteiger partial charge in [-0.15, -0.1) is 0 Å². The second-order valence-corrected chi connectivity index (χ2v) is 5.81. The molecule has 2 aromatic carbocycles. The summed E-state index contributed by atoms with van der Waals surface area (Å²) in [5.41, 5.74) is 1.95. The number of hydrogen-bond acceptors (Lipinski definition) is 4. The highest BCUT2D eigenvalue weighted by Gasteiger charge is 2.36. The maximum atomic E-state index is 13.1. The summed E-state index contributed by atoms with van der Waals surface area (Å²) in [7, 11) is 1.40. The van der Waals surface area contributed by atoms with Crippen molar-refractivity contribution >= 4 is 34.7 Å². The smallest absolute Gasteiger partial charge is 0.277 e. The topological polar surface area (TPSA) is 78.5 Å². The lowest BCUT2D eigenvalue weighted by molar-refractivity contribution is -0.135. The van der Waals surface area contributed by atoms with Crippen LogP contribution in [0.2, 0.25) is 0 Å². The zero-order valence-corrected chi connectivity index (χ0v) is 14.2. The van der Waals surface area contributed by atoms with E-state index in [1.807, 2.05) is 0 Å². The first-order chi connectivity index (χ1) is 12.4. The first-order valence-corrected chi connectivity index (χ1v) is 7.84. The predicted octanol–water partition coefficient (Wildman–Crippen LogP) is 2.61. The fraction of sp³-hybridized carbons (Fsp3) is 0.105. The molecule has 0 bridgehead atoms. The van der Waals surface area contributed by atoms with Gasteiger partial charge in [0.05, 0.1) is 5.57 Å². The molecule has 0 atom stereocenters. The number of amides is 3. The number of benzene rings is 2. The lowest BCUT2D eigenvalue weighted by Crippen LogP contribution is -2.27. The molecule has 7 heteroatoms. The van der Waals surface area contributed by atoms with Crippen LogP contribution in [0.1, 0.15) is 12.5 Å². The molecule has 0 saturated heterocycles. The summed E-state index contributed by atoms with van der Waals surface area (Å²) in [5.74, 6) is -1.51.